The van der Waals surface area contributed by atoms with Crippen molar-refractivity contribution in [2.75, 3.05) is 27.2 Å². The highest BCUT2D eigenvalue weighted by Crippen LogP contribution is 2.06. The Labute approximate surface area is 84.5 Å². The topological polar surface area (TPSA) is 48.6 Å². The van der Waals surface area contributed by atoms with Gasteiger partial charge in [0.25, 0.3) is 0 Å². The summed E-state index contributed by atoms with van der Waals surface area (Å²) >= 11 is 0. The Morgan fingerprint density at radius 2 is 2.07 bits per heavy atom. The van der Waals surface area contributed by atoms with Gasteiger partial charge in [0.1, 0.15) is 18.1 Å². The third-order valence-electron chi connectivity index (χ3n) is 1.91. The van der Waals surface area contributed by atoms with Crippen LogP contribution in [0, 0.1) is 0 Å². The van der Waals surface area contributed by atoms with Crippen molar-refractivity contribution in [1.29, 1.82) is 0 Å². The van der Waals surface area contributed by atoms with Crippen molar-refractivity contribution in [2.45, 2.75) is 13.2 Å². The normalized spacial score (nSPS) is 11.1. The van der Waals surface area contributed by atoms with Crippen molar-refractivity contribution >= 4 is 0 Å². The van der Waals surface area contributed by atoms with Crippen LogP contribution in [0.4, 0.5) is 0 Å². The molecule has 80 valence electrons. The Hall–Kier alpha value is -0.840. The zero-order valence-corrected chi connectivity index (χ0v) is 8.79. The average molecular weight is 198 g/mol. The van der Waals surface area contributed by atoms with E-state index in [1.807, 2.05) is 20.2 Å². The molecule has 1 aromatic rings. The highest BCUT2D eigenvalue weighted by atomic mass is 16.4. The molecule has 0 unspecified atom stereocenters. The molecule has 0 amide bonds. The summed E-state index contributed by atoms with van der Waals surface area (Å²) < 4.78 is 5.31. The number of nitrogens with zero attached hydrogens (tertiary/aromatic N) is 1. The van der Waals surface area contributed by atoms with E-state index in [1.165, 1.54) is 0 Å². The molecular formula is C10H18N2O2. The molecule has 1 heterocycles. The van der Waals surface area contributed by atoms with Crippen LogP contribution < -0.4 is 5.32 Å². The first-order valence-electron chi connectivity index (χ1n) is 4.76. The van der Waals surface area contributed by atoms with Gasteiger partial charge < -0.3 is 19.7 Å². The van der Waals surface area contributed by atoms with Crippen LogP contribution in [0.15, 0.2) is 16.5 Å². The Balaban J connectivity index is 2.18. The van der Waals surface area contributed by atoms with Crippen molar-refractivity contribution in [2.24, 2.45) is 0 Å². The highest BCUT2D eigenvalue weighted by Gasteiger charge is 1.99. The smallest absolute Gasteiger partial charge is 0.129 e. The zero-order chi connectivity index (χ0) is 10.4. The lowest BCUT2D eigenvalue weighted by molar-refractivity contribution is 0.242. The van der Waals surface area contributed by atoms with Crippen molar-refractivity contribution in [3.05, 3.63) is 23.7 Å². The average Bonchev–Trinajstić information content (AvgIpc) is 2.60. The van der Waals surface area contributed by atoms with Gasteiger partial charge in [-0.3, -0.25) is 0 Å². The molecule has 0 saturated heterocycles. The van der Waals surface area contributed by atoms with Gasteiger partial charge in [-0.25, -0.2) is 0 Å². The maximum Gasteiger partial charge on any atom is 0.129 e. The molecule has 0 atom stereocenters. The maximum atomic E-state index is 8.77. The summed E-state index contributed by atoms with van der Waals surface area (Å²) in [7, 11) is 4.08. The highest BCUT2D eigenvalue weighted by molar-refractivity contribution is 5.05. The number of hydrogen-bond acceptors (Lipinski definition) is 4. The van der Waals surface area contributed by atoms with E-state index in [4.69, 9.17) is 9.52 Å². The predicted octanol–water partition coefficient (Wildman–Crippen LogP) is 0.423. The molecule has 4 nitrogen and oxygen atoms in total. The SMILES string of the molecule is CN(C)CCNCc1ccc(CO)o1. The van der Waals surface area contributed by atoms with Crippen molar-refractivity contribution in [3.8, 4) is 0 Å². The lowest BCUT2D eigenvalue weighted by Crippen LogP contribution is -2.26. The summed E-state index contributed by atoms with van der Waals surface area (Å²) in [5.74, 6) is 1.49. The standard InChI is InChI=1S/C10H18N2O2/c1-12(2)6-5-11-7-9-3-4-10(8-13)14-9/h3-4,11,13H,5-8H2,1-2H3. The number of furan rings is 1. The minimum absolute atomic E-state index is 0.0301. The van der Waals surface area contributed by atoms with E-state index < -0.39 is 0 Å². The fourth-order valence-corrected chi connectivity index (χ4v) is 1.12. The van der Waals surface area contributed by atoms with Gasteiger partial charge in [0.2, 0.25) is 0 Å². The molecule has 14 heavy (non-hydrogen) atoms. The van der Waals surface area contributed by atoms with Gasteiger partial charge in [-0.2, -0.15) is 0 Å². The predicted molar refractivity (Wildman–Crippen MR) is 54.9 cm³/mol. The molecule has 2 N–H and O–H groups in total. The number of rotatable bonds is 6. The van der Waals surface area contributed by atoms with Crippen molar-refractivity contribution < 1.29 is 9.52 Å². The van der Waals surface area contributed by atoms with Crippen molar-refractivity contribution in [3.63, 3.8) is 0 Å². The first-order chi connectivity index (χ1) is 6.72. The molecule has 0 fully saturated rings. The second-order valence-electron chi connectivity index (χ2n) is 3.51. The quantitative estimate of drug-likeness (QED) is 0.651. The van der Waals surface area contributed by atoms with E-state index in [2.05, 4.69) is 10.2 Å². The molecule has 0 radical (unpaired) electrons. The van der Waals surface area contributed by atoms with Crippen LogP contribution in [-0.4, -0.2) is 37.2 Å². The summed E-state index contributed by atoms with van der Waals surface area (Å²) in [6, 6.07) is 3.68. The minimum atomic E-state index is -0.0301. The van der Waals surface area contributed by atoms with Gasteiger partial charge in [-0.15, -0.1) is 0 Å². The van der Waals surface area contributed by atoms with Crippen LogP contribution in [-0.2, 0) is 13.2 Å². The summed E-state index contributed by atoms with van der Waals surface area (Å²) in [6.45, 7) is 2.63. The fourth-order valence-electron chi connectivity index (χ4n) is 1.12. The summed E-state index contributed by atoms with van der Waals surface area (Å²) in [5.41, 5.74) is 0. The van der Waals surface area contributed by atoms with Crippen LogP contribution in [0.5, 0.6) is 0 Å². The van der Waals surface area contributed by atoms with Crippen LogP contribution in [0.1, 0.15) is 11.5 Å². The molecule has 0 aliphatic rings. The molecule has 1 rings (SSSR count). The second kappa shape index (κ2) is 5.80. The Morgan fingerprint density at radius 1 is 1.36 bits per heavy atom. The van der Waals surface area contributed by atoms with Gasteiger partial charge in [0, 0.05) is 13.1 Å². The van der Waals surface area contributed by atoms with Crippen molar-refractivity contribution in [1.82, 2.24) is 10.2 Å². The summed E-state index contributed by atoms with van der Waals surface area (Å²) in [6.07, 6.45) is 0. The van der Waals surface area contributed by atoms with Gasteiger partial charge in [-0.1, -0.05) is 0 Å². The van der Waals surface area contributed by atoms with E-state index in [9.17, 15) is 0 Å². The van der Waals surface area contributed by atoms with Crippen LogP contribution in [0.3, 0.4) is 0 Å². The molecular weight excluding hydrogens is 180 g/mol. The first-order valence-corrected chi connectivity index (χ1v) is 4.76. The second-order valence-corrected chi connectivity index (χ2v) is 3.51. The van der Waals surface area contributed by atoms with E-state index in [0.717, 1.165) is 18.8 Å². The molecule has 0 aromatic carbocycles. The zero-order valence-electron chi connectivity index (χ0n) is 8.79. The largest absolute Gasteiger partial charge is 0.462 e. The van der Waals surface area contributed by atoms with Gasteiger partial charge >= 0.3 is 0 Å². The lowest BCUT2D eigenvalue weighted by atomic mass is 10.4. The summed E-state index contributed by atoms with van der Waals surface area (Å²) in [4.78, 5) is 2.12. The van der Waals surface area contributed by atoms with Gasteiger partial charge in [0.05, 0.1) is 6.54 Å². The molecule has 0 aliphatic carbocycles. The first kappa shape index (κ1) is 11.2. The molecule has 0 saturated carbocycles. The van der Waals surface area contributed by atoms with Gasteiger partial charge in [-0.05, 0) is 26.2 Å². The van der Waals surface area contributed by atoms with Gasteiger partial charge in [0.15, 0.2) is 0 Å². The number of aliphatic hydroxyl groups excluding tert-OH is 1. The minimum Gasteiger partial charge on any atom is -0.462 e. The third kappa shape index (κ3) is 3.91. The lowest BCUT2D eigenvalue weighted by Gasteiger charge is -2.09. The monoisotopic (exact) mass is 198 g/mol. The molecule has 4 heteroatoms. The van der Waals surface area contributed by atoms with E-state index in [1.54, 1.807) is 6.07 Å². The maximum absolute atomic E-state index is 8.77. The molecule has 0 bridgehead atoms. The Morgan fingerprint density at radius 3 is 2.64 bits per heavy atom. The van der Waals surface area contributed by atoms with E-state index in [-0.39, 0.29) is 6.61 Å². The Kier molecular flexibility index (Phi) is 4.65. The molecule has 0 aliphatic heterocycles. The molecule has 0 spiro atoms. The van der Waals surface area contributed by atoms with Crippen LogP contribution in [0.2, 0.25) is 0 Å². The van der Waals surface area contributed by atoms with E-state index >= 15 is 0 Å². The molecule has 1 aromatic heterocycles. The fraction of sp³-hybridized carbons (Fsp3) is 0.600. The number of likely N-dealkylation sites (N-methyl/N-ethyl adjacent to an activating group) is 1. The number of nitrogens with one attached hydrogen (secondary N) is 1. The Bertz CT molecular complexity index is 258. The number of aliphatic hydroxyl groups is 1. The third-order valence-corrected chi connectivity index (χ3v) is 1.91. The van der Waals surface area contributed by atoms with Crippen LogP contribution in [0.25, 0.3) is 0 Å². The van der Waals surface area contributed by atoms with Crippen LogP contribution >= 0.6 is 0 Å². The summed E-state index contributed by atoms with van der Waals surface area (Å²) in [5, 5.41) is 12.0. The van der Waals surface area contributed by atoms with E-state index in [0.29, 0.717) is 12.3 Å². The number of hydrogen-bond donors (Lipinski definition) is 2.